The molecule has 2 amide bonds. The molecular formula is C18H13FeNO2+2. The number of hydrogen-bond donors (Lipinski definition) is 1. The molecule has 3 aliphatic rings. The predicted molar refractivity (Wildman–Crippen MR) is 79.3 cm³/mol. The van der Waals surface area contributed by atoms with Crippen molar-refractivity contribution in [3.05, 3.63) is 98.6 Å². The third kappa shape index (κ3) is 3.79. The van der Waals surface area contributed by atoms with Crippen LogP contribution in [-0.2, 0) is 17.1 Å². The molecule has 1 aromatic rings. The van der Waals surface area contributed by atoms with E-state index in [0.29, 0.717) is 11.1 Å². The average molecular weight is 331 g/mol. The predicted octanol–water partition coefficient (Wildman–Crippen LogP) is 2.34. The summed E-state index contributed by atoms with van der Waals surface area (Å²) in [5.74, 6) is 0.428. The van der Waals surface area contributed by atoms with Gasteiger partial charge in [0, 0.05) is 5.92 Å². The van der Waals surface area contributed by atoms with Crippen LogP contribution >= 0.6 is 0 Å². The molecule has 0 spiro atoms. The van der Waals surface area contributed by atoms with Crippen LogP contribution in [0.4, 0.5) is 0 Å². The van der Waals surface area contributed by atoms with Crippen LogP contribution in [0.25, 0.3) is 0 Å². The van der Waals surface area contributed by atoms with Crippen molar-refractivity contribution in [1.82, 2.24) is 5.32 Å². The summed E-state index contributed by atoms with van der Waals surface area (Å²) in [6.45, 7) is 0. The van der Waals surface area contributed by atoms with E-state index in [2.05, 4.69) is 5.32 Å². The number of hydrogen-bond acceptors (Lipinski definition) is 2. The van der Waals surface area contributed by atoms with E-state index in [1.807, 2.05) is 63.9 Å². The summed E-state index contributed by atoms with van der Waals surface area (Å²) in [5, 5.41) is 2.28. The van der Waals surface area contributed by atoms with Gasteiger partial charge < -0.3 is 0 Å². The first-order valence-corrected chi connectivity index (χ1v) is 6.64. The van der Waals surface area contributed by atoms with Gasteiger partial charge in [0.25, 0.3) is 11.8 Å². The molecule has 2 saturated carbocycles. The van der Waals surface area contributed by atoms with Gasteiger partial charge in [-0.15, -0.1) is 0 Å². The maximum absolute atomic E-state index is 11.5. The number of fused-ring (bicyclic) bond motifs is 1. The van der Waals surface area contributed by atoms with Crippen molar-refractivity contribution in [3.63, 3.8) is 0 Å². The molecule has 2 fully saturated rings. The molecule has 0 saturated heterocycles. The van der Waals surface area contributed by atoms with E-state index in [-0.39, 0.29) is 28.9 Å². The molecule has 3 nitrogen and oxygen atoms in total. The summed E-state index contributed by atoms with van der Waals surface area (Å²) in [6.07, 6.45) is 17.8. The van der Waals surface area contributed by atoms with Crippen LogP contribution in [0.5, 0.6) is 0 Å². The third-order valence-electron chi connectivity index (χ3n) is 3.29. The Labute approximate surface area is 142 Å². The van der Waals surface area contributed by atoms with Gasteiger partial charge >= 0.3 is 17.1 Å². The minimum atomic E-state index is -0.312. The minimum absolute atomic E-state index is 0. The molecular weight excluding hydrogens is 318 g/mol. The van der Waals surface area contributed by atoms with Gasteiger partial charge in [0.05, 0.1) is 11.1 Å². The fraction of sp³-hybridized carbons (Fsp3) is 0. The molecule has 2 aliphatic carbocycles. The molecule has 0 atom stereocenters. The number of carbonyl (C=O) groups excluding carboxylic acids is 2. The number of amides is 2. The maximum atomic E-state index is 11.5. The van der Waals surface area contributed by atoms with Crippen LogP contribution in [0.3, 0.4) is 0 Å². The number of benzene rings is 1. The van der Waals surface area contributed by atoms with Crippen LogP contribution in [0, 0.1) is 63.7 Å². The van der Waals surface area contributed by atoms with Gasteiger partial charge in [0.15, 0.2) is 0 Å². The van der Waals surface area contributed by atoms with E-state index < -0.39 is 0 Å². The third-order valence-corrected chi connectivity index (χ3v) is 3.29. The fourth-order valence-electron chi connectivity index (χ4n) is 2.23. The number of carbonyl (C=O) groups is 2. The maximum Gasteiger partial charge on any atom is 2.00 e. The zero-order valence-electron chi connectivity index (χ0n) is 11.6. The van der Waals surface area contributed by atoms with E-state index in [1.165, 1.54) is 0 Å². The first-order valence-electron chi connectivity index (χ1n) is 6.64. The summed E-state index contributed by atoms with van der Waals surface area (Å²) in [4.78, 5) is 22.8. The quantitative estimate of drug-likeness (QED) is 0.634. The summed E-state index contributed by atoms with van der Waals surface area (Å²) in [6, 6.07) is 5.30. The van der Waals surface area contributed by atoms with E-state index in [4.69, 9.17) is 0 Å². The summed E-state index contributed by atoms with van der Waals surface area (Å²) >= 11 is 0. The average Bonchev–Trinajstić information content (AvgIpc) is 3.23. The van der Waals surface area contributed by atoms with Gasteiger partial charge in [-0.2, -0.15) is 0 Å². The van der Waals surface area contributed by atoms with Gasteiger partial charge in [-0.1, -0.05) is 6.07 Å². The molecule has 22 heavy (non-hydrogen) atoms. The molecule has 1 N–H and O–H groups in total. The molecule has 108 valence electrons. The zero-order chi connectivity index (χ0) is 14.7. The molecule has 4 heteroatoms. The molecule has 10 radical (unpaired) electrons. The molecule has 1 aliphatic heterocycles. The van der Waals surface area contributed by atoms with E-state index in [9.17, 15) is 9.59 Å². The Morgan fingerprint density at radius 3 is 1.82 bits per heavy atom. The fourth-order valence-corrected chi connectivity index (χ4v) is 2.23. The standard InChI is InChI=1S/C13H8NO2.C5H5.Fe/c15-12-10-6-5-9(8-3-1-2-4-8)7-11(10)13(16)14-12;1-2-4-5-3-1;/h1-7H,(H,14,15,16);1-5H;/q;;+2. The van der Waals surface area contributed by atoms with Crippen LogP contribution in [0.15, 0.2) is 18.2 Å². The second kappa shape index (κ2) is 7.94. The normalized spacial score (nSPS) is 20.0. The van der Waals surface area contributed by atoms with Crippen LogP contribution < -0.4 is 5.32 Å². The molecule has 0 unspecified atom stereocenters. The monoisotopic (exact) mass is 331 g/mol. The first-order chi connectivity index (χ1) is 10.3. The zero-order valence-corrected chi connectivity index (χ0v) is 12.7. The second-order valence-corrected chi connectivity index (χ2v) is 4.68. The Morgan fingerprint density at radius 2 is 1.23 bits per heavy atom. The Bertz CT molecular complexity index is 538. The van der Waals surface area contributed by atoms with Crippen LogP contribution in [0.1, 0.15) is 26.3 Å². The van der Waals surface area contributed by atoms with Crippen molar-refractivity contribution in [2.45, 2.75) is 0 Å². The van der Waals surface area contributed by atoms with Crippen molar-refractivity contribution in [2.24, 2.45) is 0 Å². The number of imide groups is 1. The van der Waals surface area contributed by atoms with Gasteiger partial charge in [0.2, 0.25) is 0 Å². The number of rotatable bonds is 1. The Kier molecular flexibility index (Phi) is 6.22. The first kappa shape index (κ1) is 17.2. The van der Waals surface area contributed by atoms with E-state index >= 15 is 0 Å². The minimum Gasteiger partial charge on any atom is -0.288 e. The van der Waals surface area contributed by atoms with Crippen molar-refractivity contribution < 1.29 is 26.7 Å². The molecule has 1 heterocycles. The van der Waals surface area contributed by atoms with Crippen LogP contribution in [0.2, 0.25) is 0 Å². The topological polar surface area (TPSA) is 46.2 Å². The summed E-state index contributed by atoms with van der Waals surface area (Å²) in [5.41, 5.74) is 1.87. The van der Waals surface area contributed by atoms with Crippen molar-refractivity contribution in [3.8, 4) is 0 Å². The largest absolute Gasteiger partial charge is 2.00 e. The SMILES string of the molecule is O=C1NC(=O)c2cc([C]3[CH][CH][CH][CH]3)ccc21.[CH]1[CH][CH][CH][CH]1.[Fe+2]. The second-order valence-electron chi connectivity index (χ2n) is 4.68. The Hall–Kier alpha value is -1.12. The van der Waals surface area contributed by atoms with Gasteiger partial charge in [-0.25, -0.2) is 0 Å². The van der Waals surface area contributed by atoms with Gasteiger partial charge in [0.1, 0.15) is 0 Å². The summed E-state index contributed by atoms with van der Waals surface area (Å²) in [7, 11) is 0. The van der Waals surface area contributed by atoms with Crippen LogP contribution in [-0.4, -0.2) is 11.8 Å². The van der Waals surface area contributed by atoms with Gasteiger partial charge in [-0.3, -0.25) is 14.9 Å². The molecule has 4 rings (SSSR count). The molecule has 0 bridgehead atoms. The smallest absolute Gasteiger partial charge is 0.288 e. The van der Waals surface area contributed by atoms with Crippen molar-refractivity contribution in [1.29, 1.82) is 0 Å². The van der Waals surface area contributed by atoms with Crippen molar-refractivity contribution in [2.75, 3.05) is 0 Å². The van der Waals surface area contributed by atoms with E-state index in [0.717, 1.165) is 11.5 Å². The van der Waals surface area contributed by atoms with Gasteiger partial charge in [-0.05, 0) is 75.5 Å². The van der Waals surface area contributed by atoms with E-state index in [1.54, 1.807) is 12.1 Å². The molecule has 0 aromatic heterocycles. The Morgan fingerprint density at radius 1 is 0.682 bits per heavy atom. The number of nitrogens with one attached hydrogen (secondary N) is 1. The molecule has 1 aromatic carbocycles. The summed E-state index contributed by atoms with van der Waals surface area (Å²) < 4.78 is 0. The van der Waals surface area contributed by atoms with Crippen molar-refractivity contribution >= 4 is 11.8 Å². The Balaban J connectivity index is 0.000000253.